The van der Waals surface area contributed by atoms with Crippen molar-refractivity contribution in [2.45, 2.75) is 43.7 Å². The molecule has 2 atom stereocenters. The molecule has 5 heterocycles. The summed E-state index contributed by atoms with van der Waals surface area (Å²) in [6.07, 6.45) is 4.98. The standard InChI is InChI=1S/C18H19N7O2/c1-18-8-13(16(26)27-18)24(9-18)17-20-15(12-3-2-6-25(12)23-17)19-14-7-11(21-22-14)10-4-5-10/h2-3,6-7,10,13H,4-5,8-9H2,1H3,(H2,19,20,21,22,23)/t13-,18+/m1/s1. The minimum Gasteiger partial charge on any atom is -0.456 e. The zero-order valence-electron chi connectivity index (χ0n) is 14.8. The van der Waals surface area contributed by atoms with Gasteiger partial charge in [0.25, 0.3) is 0 Å². The van der Waals surface area contributed by atoms with Crippen molar-refractivity contribution in [1.82, 2.24) is 24.8 Å². The van der Waals surface area contributed by atoms with Gasteiger partial charge in [-0.05, 0) is 31.9 Å². The molecular formula is C18H19N7O2. The number of hydrogen-bond acceptors (Lipinski definition) is 7. The second-order valence-corrected chi connectivity index (χ2v) is 7.93. The van der Waals surface area contributed by atoms with Crippen LogP contribution in [0.15, 0.2) is 24.4 Å². The Hall–Kier alpha value is -3.10. The van der Waals surface area contributed by atoms with Crippen LogP contribution in [-0.4, -0.2) is 49.0 Å². The summed E-state index contributed by atoms with van der Waals surface area (Å²) in [5, 5.41) is 15.4. The lowest BCUT2D eigenvalue weighted by atomic mass is 10.1. The van der Waals surface area contributed by atoms with E-state index in [0.717, 1.165) is 17.0 Å². The predicted molar refractivity (Wildman–Crippen MR) is 97.1 cm³/mol. The first-order valence-corrected chi connectivity index (χ1v) is 9.25. The summed E-state index contributed by atoms with van der Waals surface area (Å²) in [5.74, 6) is 2.33. The topological polar surface area (TPSA) is 100 Å². The first-order valence-electron chi connectivity index (χ1n) is 9.25. The summed E-state index contributed by atoms with van der Waals surface area (Å²) >= 11 is 0. The molecule has 0 unspecified atom stereocenters. The van der Waals surface area contributed by atoms with Crippen LogP contribution in [0.3, 0.4) is 0 Å². The van der Waals surface area contributed by atoms with Gasteiger partial charge in [-0.3, -0.25) is 5.10 Å². The Balaban J connectivity index is 1.38. The molecule has 3 aromatic rings. The minimum atomic E-state index is -0.453. The fourth-order valence-corrected chi connectivity index (χ4v) is 4.12. The fraction of sp³-hybridized carbons (Fsp3) is 0.444. The van der Waals surface area contributed by atoms with Crippen LogP contribution < -0.4 is 10.2 Å². The first kappa shape index (κ1) is 15.0. The molecule has 3 aromatic heterocycles. The number of nitrogens with one attached hydrogen (secondary N) is 2. The van der Waals surface area contributed by atoms with Gasteiger partial charge in [-0.25, -0.2) is 9.31 Å². The average Bonchev–Trinajstić information content (AvgIpc) is 2.98. The molecular weight excluding hydrogens is 346 g/mol. The molecule has 9 nitrogen and oxygen atoms in total. The predicted octanol–water partition coefficient (Wildman–Crippen LogP) is 1.97. The third-order valence-electron chi connectivity index (χ3n) is 5.62. The normalized spacial score (nSPS) is 26.8. The highest BCUT2D eigenvalue weighted by molar-refractivity contribution is 5.84. The molecule has 6 rings (SSSR count). The van der Waals surface area contributed by atoms with Gasteiger partial charge < -0.3 is 15.0 Å². The molecule has 1 saturated carbocycles. The summed E-state index contributed by atoms with van der Waals surface area (Å²) in [4.78, 5) is 18.8. The fourth-order valence-electron chi connectivity index (χ4n) is 4.12. The third-order valence-corrected chi connectivity index (χ3v) is 5.62. The van der Waals surface area contributed by atoms with Crippen LogP contribution in [0, 0.1) is 0 Å². The second-order valence-electron chi connectivity index (χ2n) is 7.93. The Morgan fingerprint density at radius 2 is 2.30 bits per heavy atom. The van der Waals surface area contributed by atoms with Gasteiger partial charge in [-0.1, -0.05) is 0 Å². The molecule has 9 heteroatoms. The maximum atomic E-state index is 12.1. The number of morpholine rings is 1. The Morgan fingerprint density at radius 3 is 3.07 bits per heavy atom. The number of H-pyrrole nitrogens is 1. The van der Waals surface area contributed by atoms with E-state index < -0.39 is 5.60 Å². The summed E-state index contributed by atoms with van der Waals surface area (Å²) < 4.78 is 7.23. The Bertz CT molecular complexity index is 1070. The lowest BCUT2D eigenvalue weighted by Crippen LogP contribution is -2.45. The van der Waals surface area contributed by atoms with E-state index >= 15 is 0 Å². The first-order chi connectivity index (χ1) is 13.1. The van der Waals surface area contributed by atoms with E-state index in [0.29, 0.717) is 30.6 Å². The largest absolute Gasteiger partial charge is 0.456 e. The molecule has 1 aliphatic carbocycles. The number of aromatic nitrogens is 5. The summed E-state index contributed by atoms with van der Waals surface area (Å²) in [7, 11) is 0. The Kier molecular flexibility index (Phi) is 2.78. The minimum absolute atomic E-state index is 0.198. The number of aromatic amines is 1. The molecule has 2 bridgehead atoms. The van der Waals surface area contributed by atoms with Gasteiger partial charge in [0.2, 0.25) is 5.95 Å². The van der Waals surface area contributed by atoms with Gasteiger partial charge >= 0.3 is 5.97 Å². The highest BCUT2D eigenvalue weighted by Gasteiger charge is 2.55. The van der Waals surface area contributed by atoms with Crippen molar-refractivity contribution in [2.75, 3.05) is 16.8 Å². The van der Waals surface area contributed by atoms with E-state index in [9.17, 15) is 4.79 Å². The van der Waals surface area contributed by atoms with Gasteiger partial charge in [0.05, 0.1) is 6.54 Å². The molecule has 0 aromatic carbocycles. The summed E-state index contributed by atoms with van der Waals surface area (Å²) in [5.41, 5.74) is 1.56. The van der Waals surface area contributed by atoms with Crippen molar-refractivity contribution in [3.63, 3.8) is 0 Å². The molecule has 0 spiro atoms. The molecule has 3 fully saturated rings. The molecule has 0 radical (unpaired) electrons. The third kappa shape index (κ3) is 2.30. The number of anilines is 3. The number of carbonyl (C=O) groups excluding carboxylic acids is 1. The zero-order valence-corrected chi connectivity index (χ0v) is 14.8. The van der Waals surface area contributed by atoms with Crippen LogP contribution in [0.25, 0.3) is 5.52 Å². The number of nitrogens with zero attached hydrogens (tertiary/aromatic N) is 5. The van der Waals surface area contributed by atoms with Crippen molar-refractivity contribution in [2.24, 2.45) is 0 Å². The average molecular weight is 365 g/mol. The van der Waals surface area contributed by atoms with Crippen LogP contribution in [0.5, 0.6) is 0 Å². The van der Waals surface area contributed by atoms with Crippen LogP contribution in [0.2, 0.25) is 0 Å². The van der Waals surface area contributed by atoms with Gasteiger partial charge in [0.15, 0.2) is 11.6 Å². The van der Waals surface area contributed by atoms with Crippen LogP contribution >= 0.6 is 0 Å². The monoisotopic (exact) mass is 365 g/mol. The molecule has 27 heavy (non-hydrogen) atoms. The van der Waals surface area contributed by atoms with Gasteiger partial charge in [0, 0.05) is 30.3 Å². The van der Waals surface area contributed by atoms with E-state index in [4.69, 9.17) is 9.72 Å². The number of esters is 1. The van der Waals surface area contributed by atoms with Crippen molar-refractivity contribution in [3.05, 3.63) is 30.1 Å². The zero-order chi connectivity index (χ0) is 18.2. The van der Waals surface area contributed by atoms with Crippen molar-refractivity contribution in [3.8, 4) is 0 Å². The maximum absolute atomic E-state index is 12.1. The van der Waals surface area contributed by atoms with Crippen LogP contribution in [0.1, 0.15) is 37.8 Å². The van der Waals surface area contributed by atoms with Gasteiger partial charge in [-0.15, -0.1) is 5.10 Å². The van der Waals surface area contributed by atoms with Crippen molar-refractivity contribution < 1.29 is 9.53 Å². The maximum Gasteiger partial charge on any atom is 0.329 e. The van der Waals surface area contributed by atoms with Gasteiger partial charge in [-0.2, -0.15) is 10.1 Å². The molecule has 0 amide bonds. The molecule has 2 N–H and O–H groups in total. The Morgan fingerprint density at radius 1 is 1.41 bits per heavy atom. The lowest BCUT2D eigenvalue weighted by Gasteiger charge is -2.29. The number of hydrogen-bond donors (Lipinski definition) is 2. The smallest absolute Gasteiger partial charge is 0.329 e. The van der Waals surface area contributed by atoms with E-state index in [-0.39, 0.29) is 12.0 Å². The van der Waals surface area contributed by atoms with Gasteiger partial charge in [0.1, 0.15) is 17.2 Å². The highest BCUT2D eigenvalue weighted by atomic mass is 16.6. The number of rotatable bonds is 4. The van der Waals surface area contributed by atoms with E-state index in [2.05, 4.69) is 20.6 Å². The molecule has 138 valence electrons. The highest BCUT2D eigenvalue weighted by Crippen LogP contribution is 2.41. The van der Waals surface area contributed by atoms with Crippen LogP contribution in [-0.2, 0) is 9.53 Å². The number of carbonyl (C=O) groups is 1. The summed E-state index contributed by atoms with van der Waals surface area (Å²) in [6, 6.07) is 5.59. The molecule has 2 saturated heterocycles. The van der Waals surface area contributed by atoms with Crippen molar-refractivity contribution >= 4 is 29.1 Å². The van der Waals surface area contributed by atoms with Crippen LogP contribution in [0.4, 0.5) is 17.6 Å². The molecule has 3 aliphatic rings. The SMILES string of the molecule is C[C@@]12C[C@H](C(=O)O1)N(c1nc(Nc3cc(C4CC4)[nH]n3)c3cccn3n1)C2. The lowest BCUT2D eigenvalue weighted by molar-refractivity contribution is -0.150. The molecule has 2 aliphatic heterocycles. The van der Waals surface area contributed by atoms with E-state index in [1.54, 1.807) is 4.52 Å². The quantitative estimate of drug-likeness (QED) is 0.682. The summed E-state index contributed by atoms with van der Waals surface area (Å²) in [6.45, 7) is 2.56. The second kappa shape index (κ2) is 4.99. The van der Waals surface area contributed by atoms with E-state index in [1.807, 2.05) is 36.2 Å². The van der Waals surface area contributed by atoms with E-state index in [1.165, 1.54) is 12.8 Å². The Labute approximate surface area is 154 Å². The number of ether oxygens (including phenoxy) is 1. The van der Waals surface area contributed by atoms with Crippen molar-refractivity contribution in [1.29, 1.82) is 0 Å². The number of fused-ring (bicyclic) bond motifs is 3.